The third kappa shape index (κ3) is 2.35. The van der Waals surface area contributed by atoms with E-state index in [0.717, 1.165) is 23.7 Å². The third-order valence-electron chi connectivity index (χ3n) is 2.80. The van der Waals surface area contributed by atoms with Crippen molar-refractivity contribution in [2.45, 2.75) is 0 Å². The van der Waals surface area contributed by atoms with E-state index >= 15 is 0 Å². The van der Waals surface area contributed by atoms with E-state index in [1.54, 1.807) is 18.2 Å². The van der Waals surface area contributed by atoms with Crippen LogP contribution >= 0.6 is 0 Å². The van der Waals surface area contributed by atoms with Crippen LogP contribution in [0.2, 0.25) is 0 Å². The summed E-state index contributed by atoms with van der Waals surface area (Å²) in [5, 5.41) is 2.44. The Hall–Kier alpha value is -2.76. The highest BCUT2D eigenvalue weighted by Gasteiger charge is 2.09. The minimum absolute atomic E-state index is 0.0669. The fraction of sp³-hybridized carbons (Fsp3) is 0. The summed E-state index contributed by atoms with van der Waals surface area (Å²) in [5.41, 5.74) is 1.88. The minimum Gasteiger partial charge on any atom is -0.345 e. The molecule has 1 amide bonds. The number of nitrogens with one attached hydrogen (secondary N) is 2. The van der Waals surface area contributed by atoms with Gasteiger partial charge < -0.3 is 10.3 Å². The van der Waals surface area contributed by atoms with Gasteiger partial charge in [-0.1, -0.05) is 0 Å². The van der Waals surface area contributed by atoms with Gasteiger partial charge in [0.1, 0.15) is 11.6 Å². The first kappa shape index (κ1) is 12.3. The number of rotatable bonds is 2. The molecule has 2 N–H and O–H groups in total. The zero-order valence-electron chi connectivity index (χ0n) is 10.2. The maximum absolute atomic E-state index is 13.0. The second kappa shape index (κ2) is 4.73. The van der Waals surface area contributed by atoms with Gasteiger partial charge >= 0.3 is 0 Å². The summed E-state index contributed by atoms with van der Waals surface area (Å²) in [7, 11) is 0. The SMILES string of the molecule is O=C(Nc1cc(F)cc(F)c1)c1ccc2nc[nH]c2c1. The highest BCUT2D eigenvalue weighted by atomic mass is 19.1. The Morgan fingerprint density at radius 3 is 2.60 bits per heavy atom. The molecule has 1 aromatic heterocycles. The molecule has 4 nitrogen and oxygen atoms in total. The summed E-state index contributed by atoms with van der Waals surface area (Å²) in [6.45, 7) is 0. The van der Waals surface area contributed by atoms with Gasteiger partial charge in [0.25, 0.3) is 5.91 Å². The van der Waals surface area contributed by atoms with E-state index in [1.165, 1.54) is 6.33 Å². The van der Waals surface area contributed by atoms with Crippen LogP contribution in [0.1, 0.15) is 10.4 Å². The number of carbonyl (C=O) groups is 1. The third-order valence-corrected chi connectivity index (χ3v) is 2.80. The molecule has 1 heterocycles. The quantitative estimate of drug-likeness (QED) is 0.753. The van der Waals surface area contributed by atoms with E-state index in [2.05, 4.69) is 15.3 Å². The molecule has 6 heteroatoms. The number of nitrogens with zero attached hydrogens (tertiary/aromatic N) is 1. The van der Waals surface area contributed by atoms with Crippen LogP contribution in [0.3, 0.4) is 0 Å². The van der Waals surface area contributed by atoms with Crippen LogP contribution in [0, 0.1) is 11.6 Å². The normalized spacial score (nSPS) is 10.7. The Kier molecular flexibility index (Phi) is 2.90. The molecular formula is C14H9F2N3O. The number of imidazole rings is 1. The molecule has 0 unspecified atom stereocenters. The van der Waals surface area contributed by atoms with Crippen molar-refractivity contribution in [1.82, 2.24) is 9.97 Å². The van der Waals surface area contributed by atoms with Gasteiger partial charge in [-0.25, -0.2) is 13.8 Å². The first-order valence-electron chi connectivity index (χ1n) is 5.82. The predicted molar refractivity (Wildman–Crippen MR) is 70.4 cm³/mol. The van der Waals surface area contributed by atoms with Gasteiger partial charge in [-0.2, -0.15) is 0 Å². The Morgan fingerprint density at radius 1 is 1.10 bits per heavy atom. The number of H-pyrrole nitrogens is 1. The maximum atomic E-state index is 13.0. The lowest BCUT2D eigenvalue weighted by atomic mass is 10.2. The van der Waals surface area contributed by atoms with Gasteiger partial charge in [0, 0.05) is 17.3 Å². The molecule has 0 saturated carbocycles. The van der Waals surface area contributed by atoms with Crippen molar-refractivity contribution in [3.63, 3.8) is 0 Å². The van der Waals surface area contributed by atoms with E-state index in [9.17, 15) is 13.6 Å². The lowest BCUT2D eigenvalue weighted by Gasteiger charge is -2.05. The van der Waals surface area contributed by atoms with Crippen molar-refractivity contribution >= 4 is 22.6 Å². The van der Waals surface area contributed by atoms with E-state index in [-0.39, 0.29) is 5.69 Å². The number of benzene rings is 2. The van der Waals surface area contributed by atoms with E-state index in [1.807, 2.05) is 0 Å². The number of carbonyl (C=O) groups excluding carboxylic acids is 1. The van der Waals surface area contributed by atoms with Gasteiger partial charge in [0.05, 0.1) is 17.4 Å². The molecule has 0 aliphatic carbocycles. The Balaban J connectivity index is 1.88. The second-order valence-corrected chi connectivity index (χ2v) is 4.25. The van der Waals surface area contributed by atoms with Crippen LogP contribution in [0.25, 0.3) is 11.0 Å². The fourth-order valence-corrected chi connectivity index (χ4v) is 1.91. The number of aromatic nitrogens is 2. The minimum atomic E-state index is -0.746. The van der Waals surface area contributed by atoms with Crippen LogP contribution in [-0.4, -0.2) is 15.9 Å². The average molecular weight is 273 g/mol. The summed E-state index contributed by atoms with van der Waals surface area (Å²) in [6.07, 6.45) is 1.52. The van der Waals surface area contributed by atoms with Crippen LogP contribution in [0.4, 0.5) is 14.5 Å². The van der Waals surface area contributed by atoms with Crippen molar-refractivity contribution in [3.05, 3.63) is 59.9 Å². The van der Waals surface area contributed by atoms with E-state index < -0.39 is 17.5 Å². The number of hydrogen-bond donors (Lipinski definition) is 2. The van der Waals surface area contributed by atoms with Gasteiger partial charge in [-0.15, -0.1) is 0 Å². The predicted octanol–water partition coefficient (Wildman–Crippen LogP) is 3.09. The first-order valence-corrected chi connectivity index (χ1v) is 5.82. The average Bonchev–Trinajstić information content (AvgIpc) is 2.84. The Bertz CT molecular complexity index is 778. The standard InChI is InChI=1S/C14H9F2N3O/c15-9-4-10(16)6-11(5-9)19-14(20)8-1-2-12-13(3-8)18-7-17-12/h1-7H,(H,17,18)(H,19,20). The molecule has 0 spiro atoms. The number of aromatic amines is 1. The highest BCUT2D eigenvalue weighted by Crippen LogP contribution is 2.16. The molecule has 0 saturated heterocycles. The highest BCUT2D eigenvalue weighted by molar-refractivity contribution is 6.05. The first-order chi connectivity index (χ1) is 9.61. The number of hydrogen-bond acceptors (Lipinski definition) is 2. The lowest BCUT2D eigenvalue weighted by Crippen LogP contribution is -2.12. The van der Waals surface area contributed by atoms with Gasteiger partial charge in [0.2, 0.25) is 0 Å². The summed E-state index contributed by atoms with van der Waals surface area (Å²) in [6, 6.07) is 7.74. The molecule has 0 aliphatic rings. The molecule has 3 aromatic rings. The zero-order chi connectivity index (χ0) is 14.1. The van der Waals surface area contributed by atoms with Gasteiger partial charge in [-0.3, -0.25) is 4.79 Å². The molecule has 20 heavy (non-hydrogen) atoms. The van der Waals surface area contributed by atoms with Gasteiger partial charge in [0.15, 0.2) is 0 Å². The number of anilines is 1. The van der Waals surface area contributed by atoms with Crippen molar-refractivity contribution in [1.29, 1.82) is 0 Å². The van der Waals surface area contributed by atoms with Crippen molar-refractivity contribution in [3.8, 4) is 0 Å². The number of amides is 1. The van der Waals surface area contributed by atoms with Crippen molar-refractivity contribution < 1.29 is 13.6 Å². The largest absolute Gasteiger partial charge is 0.345 e. The van der Waals surface area contributed by atoms with Crippen LogP contribution < -0.4 is 5.32 Å². The van der Waals surface area contributed by atoms with Crippen LogP contribution in [0.5, 0.6) is 0 Å². The summed E-state index contributed by atoms with van der Waals surface area (Å²) < 4.78 is 26.1. The maximum Gasteiger partial charge on any atom is 0.255 e. The van der Waals surface area contributed by atoms with E-state index in [4.69, 9.17) is 0 Å². The fourth-order valence-electron chi connectivity index (χ4n) is 1.91. The smallest absolute Gasteiger partial charge is 0.255 e. The molecule has 0 radical (unpaired) electrons. The number of halogens is 2. The molecule has 0 bridgehead atoms. The van der Waals surface area contributed by atoms with Crippen molar-refractivity contribution in [2.75, 3.05) is 5.32 Å². The molecule has 0 aliphatic heterocycles. The number of fused-ring (bicyclic) bond motifs is 1. The van der Waals surface area contributed by atoms with Crippen molar-refractivity contribution in [2.24, 2.45) is 0 Å². The van der Waals surface area contributed by atoms with Crippen LogP contribution in [0.15, 0.2) is 42.7 Å². The van der Waals surface area contributed by atoms with Crippen LogP contribution in [-0.2, 0) is 0 Å². The zero-order valence-corrected chi connectivity index (χ0v) is 10.2. The Morgan fingerprint density at radius 2 is 1.85 bits per heavy atom. The van der Waals surface area contributed by atoms with E-state index in [0.29, 0.717) is 11.1 Å². The Labute approximate surface area is 112 Å². The molecule has 0 atom stereocenters. The lowest BCUT2D eigenvalue weighted by molar-refractivity contribution is 0.102. The second-order valence-electron chi connectivity index (χ2n) is 4.25. The molecule has 100 valence electrons. The molecule has 3 rings (SSSR count). The monoisotopic (exact) mass is 273 g/mol. The topological polar surface area (TPSA) is 57.8 Å². The molecular weight excluding hydrogens is 264 g/mol. The molecule has 2 aromatic carbocycles. The summed E-state index contributed by atoms with van der Waals surface area (Å²) in [5.74, 6) is -1.94. The van der Waals surface area contributed by atoms with Gasteiger partial charge in [-0.05, 0) is 30.3 Å². The molecule has 0 fully saturated rings. The summed E-state index contributed by atoms with van der Waals surface area (Å²) in [4.78, 5) is 18.9. The summed E-state index contributed by atoms with van der Waals surface area (Å²) >= 11 is 0.